The molecular formula is C16H24N2O7S. The van der Waals surface area contributed by atoms with Gasteiger partial charge in [-0.05, 0) is 25.5 Å². The van der Waals surface area contributed by atoms with Crippen LogP contribution >= 0.6 is 0 Å². The molecular weight excluding hydrogens is 364 g/mol. The number of ether oxygens (including phenoxy) is 2. The van der Waals surface area contributed by atoms with Crippen molar-refractivity contribution in [3.05, 3.63) is 18.2 Å². The van der Waals surface area contributed by atoms with Crippen LogP contribution in [0.15, 0.2) is 23.1 Å². The van der Waals surface area contributed by atoms with Crippen molar-refractivity contribution in [3.8, 4) is 11.5 Å². The van der Waals surface area contributed by atoms with Gasteiger partial charge in [-0.1, -0.05) is 0 Å². The van der Waals surface area contributed by atoms with Crippen LogP contribution in [0.1, 0.15) is 26.2 Å². The van der Waals surface area contributed by atoms with Crippen LogP contribution in [0, 0.1) is 0 Å². The van der Waals surface area contributed by atoms with E-state index in [1.165, 1.54) is 32.4 Å². The largest absolute Gasteiger partial charge is 0.493 e. The molecule has 0 aliphatic carbocycles. The van der Waals surface area contributed by atoms with Crippen LogP contribution in [0.3, 0.4) is 0 Å². The number of carboxylic acids is 1. The second-order valence-corrected chi connectivity index (χ2v) is 7.33. The monoisotopic (exact) mass is 388 g/mol. The molecule has 0 aliphatic heterocycles. The Morgan fingerprint density at radius 3 is 2.38 bits per heavy atom. The van der Waals surface area contributed by atoms with Gasteiger partial charge in [0.05, 0.1) is 19.1 Å². The van der Waals surface area contributed by atoms with E-state index in [1.807, 2.05) is 0 Å². The van der Waals surface area contributed by atoms with Crippen LogP contribution in [-0.2, 0) is 19.6 Å². The first-order valence-electron chi connectivity index (χ1n) is 7.92. The summed E-state index contributed by atoms with van der Waals surface area (Å²) in [6.07, 6.45) is 0.190. The van der Waals surface area contributed by atoms with E-state index >= 15 is 0 Å². The van der Waals surface area contributed by atoms with Gasteiger partial charge >= 0.3 is 5.97 Å². The van der Waals surface area contributed by atoms with Gasteiger partial charge in [0, 0.05) is 31.5 Å². The zero-order chi connectivity index (χ0) is 19.7. The summed E-state index contributed by atoms with van der Waals surface area (Å²) >= 11 is 0. The number of benzene rings is 1. The van der Waals surface area contributed by atoms with Crippen LogP contribution in [0.4, 0.5) is 0 Å². The second-order valence-electron chi connectivity index (χ2n) is 5.57. The number of nitrogens with one attached hydrogen (secondary N) is 2. The maximum atomic E-state index is 12.3. The molecule has 0 fully saturated rings. The Hall–Kier alpha value is -2.33. The molecule has 1 rings (SSSR count). The maximum absolute atomic E-state index is 12.3. The number of aliphatic carboxylic acids is 1. The summed E-state index contributed by atoms with van der Waals surface area (Å²) in [5, 5.41) is 11.2. The summed E-state index contributed by atoms with van der Waals surface area (Å²) in [6, 6.07) is 3.87. The van der Waals surface area contributed by atoms with Crippen molar-refractivity contribution < 1.29 is 32.6 Å². The van der Waals surface area contributed by atoms with Gasteiger partial charge in [-0.25, -0.2) is 13.1 Å². The Labute approximate surface area is 152 Å². The molecule has 1 amide bonds. The number of sulfonamides is 1. The summed E-state index contributed by atoms with van der Waals surface area (Å²) in [5.41, 5.74) is 0. The van der Waals surface area contributed by atoms with Crippen molar-refractivity contribution in [1.82, 2.24) is 10.0 Å². The molecule has 0 saturated heterocycles. The fourth-order valence-electron chi connectivity index (χ4n) is 2.13. The minimum atomic E-state index is -3.81. The van der Waals surface area contributed by atoms with Gasteiger partial charge in [-0.3, -0.25) is 9.59 Å². The van der Waals surface area contributed by atoms with Gasteiger partial charge in [-0.2, -0.15) is 0 Å². The van der Waals surface area contributed by atoms with E-state index in [2.05, 4.69) is 10.0 Å². The molecule has 1 atom stereocenters. The molecule has 0 saturated carbocycles. The fourth-order valence-corrected chi connectivity index (χ4v) is 3.17. The number of methoxy groups -OCH3 is 2. The van der Waals surface area contributed by atoms with Gasteiger partial charge in [0.2, 0.25) is 15.9 Å². The van der Waals surface area contributed by atoms with E-state index in [0.29, 0.717) is 12.2 Å². The summed E-state index contributed by atoms with van der Waals surface area (Å²) in [7, 11) is -0.962. The Bertz CT molecular complexity index is 734. The normalized spacial score (nSPS) is 12.3. The summed E-state index contributed by atoms with van der Waals surface area (Å²) < 4.78 is 37.0. The minimum absolute atomic E-state index is 0.00890. The highest BCUT2D eigenvalue weighted by atomic mass is 32.2. The van der Waals surface area contributed by atoms with E-state index in [4.69, 9.17) is 14.6 Å². The smallest absolute Gasteiger partial charge is 0.303 e. The third-order valence-corrected chi connectivity index (χ3v) is 4.97. The van der Waals surface area contributed by atoms with Gasteiger partial charge < -0.3 is 19.9 Å². The molecule has 0 spiro atoms. The fraction of sp³-hybridized carbons (Fsp3) is 0.500. The number of hydrogen-bond acceptors (Lipinski definition) is 6. The van der Waals surface area contributed by atoms with Crippen molar-refractivity contribution in [3.63, 3.8) is 0 Å². The molecule has 1 aromatic rings. The molecule has 0 aliphatic rings. The lowest BCUT2D eigenvalue weighted by Gasteiger charge is -2.13. The number of hydrogen-bond donors (Lipinski definition) is 3. The van der Waals surface area contributed by atoms with E-state index < -0.39 is 16.0 Å². The Morgan fingerprint density at radius 1 is 1.15 bits per heavy atom. The second kappa shape index (κ2) is 9.97. The molecule has 3 N–H and O–H groups in total. The standard InChI is InChI=1S/C16H24N2O7S/c1-11(4-7-16(20)21)18-15(19)8-9-17-26(22,23)12-5-6-13(24-2)14(10-12)25-3/h5-6,10-11,17H,4,7-9H2,1-3H3,(H,18,19)(H,20,21). The third kappa shape index (κ3) is 6.89. The first-order chi connectivity index (χ1) is 12.2. The SMILES string of the molecule is COc1ccc(S(=O)(=O)NCCC(=O)NC(C)CCC(=O)O)cc1OC. The molecule has 10 heteroatoms. The lowest BCUT2D eigenvalue weighted by molar-refractivity contribution is -0.137. The van der Waals surface area contributed by atoms with Gasteiger partial charge in [0.1, 0.15) is 0 Å². The van der Waals surface area contributed by atoms with E-state index in [0.717, 1.165) is 0 Å². The highest BCUT2D eigenvalue weighted by Crippen LogP contribution is 2.29. The zero-order valence-corrected chi connectivity index (χ0v) is 15.8. The van der Waals surface area contributed by atoms with E-state index in [9.17, 15) is 18.0 Å². The van der Waals surface area contributed by atoms with Crippen molar-refractivity contribution >= 4 is 21.9 Å². The van der Waals surface area contributed by atoms with Crippen molar-refractivity contribution in [2.24, 2.45) is 0 Å². The Kier molecular flexibility index (Phi) is 8.33. The summed E-state index contributed by atoms with van der Waals surface area (Å²) in [6.45, 7) is 1.60. The maximum Gasteiger partial charge on any atom is 0.303 e. The average molecular weight is 388 g/mol. The molecule has 0 aromatic heterocycles. The first kappa shape index (κ1) is 21.7. The van der Waals surface area contributed by atoms with Crippen LogP contribution in [0.25, 0.3) is 0 Å². The predicted octanol–water partition coefficient (Wildman–Crippen LogP) is 0.742. The highest BCUT2D eigenvalue weighted by Gasteiger charge is 2.17. The highest BCUT2D eigenvalue weighted by molar-refractivity contribution is 7.89. The number of amides is 1. The average Bonchev–Trinajstić information content (AvgIpc) is 2.59. The number of rotatable bonds is 11. The first-order valence-corrected chi connectivity index (χ1v) is 9.40. The number of carbonyl (C=O) groups is 2. The zero-order valence-electron chi connectivity index (χ0n) is 14.9. The Morgan fingerprint density at radius 2 is 1.81 bits per heavy atom. The quantitative estimate of drug-likeness (QED) is 0.509. The number of carboxylic acid groups (broad SMARTS) is 1. The third-order valence-electron chi connectivity index (χ3n) is 3.51. The molecule has 1 unspecified atom stereocenters. The molecule has 146 valence electrons. The van der Waals surface area contributed by atoms with Gasteiger partial charge in [-0.15, -0.1) is 0 Å². The van der Waals surface area contributed by atoms with Crippen molar-refractivity contribution in [2.45, 2.75) is 37.1 Å². The summed E-state index contributed by atoms with van der Waals surface area (Å²) in [5.74, 6) is -0.617. The van der Waals surface area contributed by atoms with Crippen LogP contribution in [0.2, 0.25) is 0 Å². The lowest BCUT2D eigenvalue weighted by Crippen LogP contribution is -2.35. The molecule has 1 aromatic carbocycles. The molecule has 26 heavy (non-hydrogen) atoms. The minimum Gasteiger partial charge on any atom is -0.493 e. The molecule has 0 heterocycles. The van der Waals surface area contributed by atoms with Gasteiger partial charge in [0.15, 0.2) is 11.5 Å². The topological polar surface area (TPSA) is 131 Å². The molecule has 0 bridgehead atoms. The Balaban J connectivity index is 2.55. The predicted molar refractivity (Wildman–Crippen MR) is 93.8 cm³/mol. The van der Waals surface area contributed by atoms with Crippen LogP contribution in [-0.4, -0.2) is 52.2 Å². The number of carbonyl (C=O) groups excluding carboxylic acids is 1. The van der Waals surface area contributed by atoms with Gasteiger partial charge in [0.25, 0.3) is 0 Å². The van der Waals surface area contributed by atoms with E-state index in [1.54, 1.807) is 6.92 Å². The molecule has 0 radical (unpaired) electrons. The van der Waals surface area contributed by atoms with E-state index in [-0.39, 0.29) is 42.0 Å². The summed E-state index contributed by atoms with van der Waals surface area (Å²) in [4.78, 5) is 22.3. The van der Waals surface area contributed by atoms with Crippen molar-refractivity contribution in [1.29, 1.82) is 0 Å². The lowest BCUT2D eigenvalue weighted by atomic mass is 10.2. The van der Waals surface area contributed by atoms with Crippen molar-refractivity contribution in [2.75, 3.05) is 20.8 Å². The molecule has 9 nitrogen and oxygen atoms in total. The van der Waals surface area contributed by atoms with Crippen LogP contribution in [0.5, 0.6) is 11.5 Å². The van der Waals surface area contributed by atoms with Crippen LogP contribution < -0.4 is 19.5 Å².